The van der Waals surface area contributed by atoms with E-state index in [1.807, 2.05) is 24.1 Å². The van der Waals surface area contributed by atoms with E-state index in [0.29, 0.717) is 36.2 Å². The number of nitrogens with one attached hydrogen (secondary N) is 2. The van der Waals surface area contributed by atoms with Gasteiger partial charge in [-0.2, -0.15) is 0 Å². The first-order chi connectivity index (χ1) is 13.7. The number of rotatable bonds is 8. The number of para-hydroxylation sites is 1. The van der Waals surface area contributed by atoms with Gasteiger partial charge in [0.15, 0.2) is 15.8 Å². The molecule has 0 spiro atoms. The zero-order chi connectivity index (χ0) is 21.4. The second-order valence-electron chi connectivity index (χ2n) is 6.95. The summed E-state index contributed by atoms with van der Waals surface area (Å²) in [6.07, 6.45) is 2.02. The van der Waals surface area contributed by atoms with E-state index in [1.165, 1.54) is 12.3 Å². The molecule has 0 heterocycles. The van der Waals surface area contributed by atoms with E-state index in [1.54, 1.807) is 38.2 Å². The van der Waals surface area contributed by atoms with Crippen LogP contribution in [0, 0.1) is 12.7 Å². The van der Waals surface area contributed by atoms with Crippen LogP contribution in [0.4, 0.5) is 10.1 Å². The molecule has 166 valence electrons. The molecule has 0 atom stereocenters. The Hall–Kier alpha value is -1.88. The number of aryl methyl sites for hydroxylation is 1. The van der Waals surface area contributed by atoms with Gasteiger partial charge in [-0.05, 0) is 42.7 Å². The average Bonchev–Trinajstić information content (AvgIpc) is 2.66. The molecule has 0 aliphatic heterocycles. The third-order valence-corrected chi connectivity index (χ3v) is 5.81. The minimum Gasteiger partial charge on any atom is -0.372 e. The van der Waals surface area contributed by atoms with Crippen LogP contribution in [-0.2, 0) is 16.4 Å². The molecule has 0 aromatic heterocycles. The van der Waals surface area contributed by atoms with Crippen LogP contribution >= 0.6 is 24.0 Å². The van der Waals surface area contributed by atoms with Crippen molar-refractivity contribution in [1.29, 1.82) is 0 Å². The molecule has 0 unspecified atom stereocenters. The Morgan fingerprint density at radius 2 is 1.87 bits per heavy atom. The van der Waals surface area contributed by atoms with Crippen molar-refractivity contribution in [1.82, 2.24) is 10.6 Å². The van der Waals surface area contributed by atoms with Gasteiger partial charge in [-0.3, -0.25) is 4.99 Å². The number of nitrogens with zero attached hydrogens (tertiary/aromatic N) is 2. The van der Waals surface area contributed by atoms with Crippen molar-refractivity contribution in [3.8, 4) is 0 Å². The topological polar surface area (TPSA) is 73.8 Å². The van der Waals surface area contributed by atoms with Gasteiger partial charge >= 0.3 is 0 Å². The lowest BCUT2D eigenvalue weighted by Gasteiger charge is -2.20. The second-order valence-corrected chi connectivity index (χ2v) is 8.94. The number of aliphatic imine (C=N–C) groups is 1. The third kappa shape index (κ3) is 7.75. The molecule has 2 N–H and O–H groups in total. The molecule has 0 amide bonds. The molecule has 0 aliphatic rings. The molecule has 0 radical (unpaired) electrons. The Bertz CT molecular complexity index is 967. The number of halogens is 2. The SMILES string of the molecule is CN=C(NCCCN(C)c1ccccc1F)NCc1ccc(S(C)(=O)=O)c(C)c1.I. The molecule has 2 aromatic rings. The third-order valence-electron chi connectivity index (χ3n) is 4.55. The van der Waals surface area contributed by atoms with Crippen LogP contribution in [0.2, 0.25) is 0 Å². The van der Waals surface area contributed by atoms with Crippen LogP contribution in [0.5, 0.6) is 0 Å². The predicted octanol–water partition coefficient (Wildman–Crippen LogP) is 3.35. The smallest absolute Gasteiger partial charge is 0.191 e. The van der Waals surface area contributed by atoms with Crippen LogP contribution in [0.1, 0.15) is 17.5 Å². The maximum Gasteiger partial charge on any atom is 0.191 e. The monoisotopic (exact) mass is 548 g/mol. The van der Waals surface area contributed by atoms with E-state index in [2.05, 4.69) is 15.6 Å². The number of anilines is 1. The molecule has 0 saturated carbocycles. The minimum absolute atomic E-state index is 0. The lowest BCUT2D eigenvalue weighted by atomic mass is 10.1. The normalized spacial score (nSPS) is 11.6. The van der Waals surface area contributed by atoms with Crippen LogP contribution < -0.4 is 15.5 Å². The van der Waals surface area contributed by atoms with Gasteiger partial charge in [-0.15, -0.1) is 24.0 Å². The Labute approximate surface area is 195 Å². The maximum atomic E-state index is 13.8. The fourth-order valence-corrected chi connectivity index (χ4v) is 4.01. The molecule has 6 nitrogen and oxygen atoms in total. The lowest BCUT2D eigenvalue weighted by Crippen LogP contribution is -2.38. The summed E-state index contributed by atoms with van der Waals surface area (Å²) in [5, 5.41) is 6.45. The van der Waals surface area contributed by atoms with Gasteiger partial charge < -0.3 is 15.5 Å². The van der Waals surface area contributed by atoms with Gasteiger partial charge in [-0.1, -0.05) is 24.3 Å². The predicted molar refractivity (Wildman–Crippen MR) is 132 cm³/mol. The van der Waals surface area contributed by atoms with Crippen LogP contribution in [-0.4, -0.2) is 47.8 Å². The van der Waals surface area contributed by atoms with E-state index in [4.69, 9.17) is 0 Å². The number of hydrogen-bond acceptors (Lipinski definition) is 4. The van der Waals surface area contributed by atoms with Crippen molar-refractivity contribution in [3.63, 3.8) is 0 Å². The van der Waals surface area contributed by atoms with Crippen molar-refractivity contribution < 1.29 is 12.8 Å². The van der Waals surface area contributed by atoms with E-state index in [0.717, 1.165) is 17.5 Å². The summed E-state index contributed by atoms with van der Waals surface area (Å²) in [7, 11) is 0.347. The molecular formula is C21H30FIN4O2S. The Kier molecular flexibility index (Phi) is 10.5. The highest BCUT2D eigenvalue weighted by Crippen LogP contribution is 2.17. The fourth-order valence-electron chi connectivity index (χ4n) is 3.05. The summed E-state index contributed by atoms with van der Waals surface area (Å²) in [6.45, 7) is 3.71. The highest BCUT2D eigenvalue weighted by atomic mass is 127. The van der Waals surface area contributed by atoms with E-state index in [9.17, 15) is 12.8 Å². The zero-order valence-electron chi connectivity index (χ0n) is 17.8. The van der Waals surface area contributed by atoms with E-state index < -0.39 is 9.84 Å². The second kappa shape index (κ2) is 12.1. The Morgan fingerprint density at radius 3 is 2.47 bits per heavy atom. The van der Waals surface area contributed by atoms with Crippen molar-refractivity contribution in [2.24, 2.45) is 4.99 Å². The van der Waals surface area contributed by atoms with Crippen molar-refractivity contribution in [2.75, 3.05) is 38.3 Å². The number of benzene rings is 2. The molecule has 2 rings (SSSR count). The van der Waals surface area contributed by atoms with Gasteiger partial charge in [0.05, 0.1) is 10.6 Å². The van der Waals surface area contributed by atoms with Crippen LogP contribution in [0.25, 0.3) is 0 Å². The minimum atomic E-state index is -3.21. The molecule has 0 bridgehead atoms. The summed E-state index contributed by atoms with van der Waals surface area (Å²) in [6, 6.07) is 12.0. The summed E-state index contributed by atoms with van der Waals surface area (Å²) < 4.78 is 37.2. The molecule has 30 heavy (non-hydrogen) atoms. The highest BCUT2D eigenvalue weighted by molar-refractivity contribution is 14.0. The van der Waals surface area contributed by atoms with E-state index in [-0.39, 0.29) is 29.8 Å². The molecule has 0 fully saturated rings. The fraction of sp³-hybridized carbons (Fsp3) is 0.381. The van der Waals surface area contributed by atoms with Gasteiger partial charge in [-0.25, -0.2) is 12.8 Å². The van der Waals surface area contributed by atoms with Gasteiger partial charge in [0.2, 0.25) is 0 Å². The van der Waals surface area contributed by atoms with Crippen molar-refractivity contribution >= 4 is 45.5 Å². The average molecular weight is 548 g/mol. The molecule has 9 heteroatoms. The quantitative estimate of drug-likeness (QED) is 0.229. The number of guanidine groups is 1. The summed E-state index contributed by atoms with van der Waals surface area (Å²) in [5.74, 6) is 0.431. The Morgan fingerprint density at radius 1 is 1.17 bits per heavy atom. The first-order valence-electron chi connectivity index (χ1n) is 9.42. The first kappa shape index (κ1) is 26.2. The number of sulfone groups is 1. The molecule has 0 aliphatic carbocycles. The largest absolute Gasteiger partial charge is 0.372 e. The Balaban J connectivity index is 0.00000450. The lowest BCUT2D eigenvalue weighted by molar-refractivity contribution is 0.601. The van der Waals surface area contributed by atoms with Crippen LogP contribution in [0.3, 0.4) is 0 Å². The molecule has 0 saturated heterocycles. The maximum absolute atomic E-state index is 13.8. The van der Waals surface area contributed by atoms with Gasteiger partial charge in [0.25, 0.3) is 0 Å². The van der Waals surface area contributed by atoms with Gasteiger partial charge in [0.1, 0.15) is 5.82 Å². The summed E-state index contributed by atoms with van der Waals surface area (Å²) >= 11 is 0. The van der Waals surface area contributed by atoms with Crippen molar-refractivity contribution in [2.45, 2.75) is 24.8 Å². The molecule has 2 aromatic carbocycles. The van der Waals surface area contributed by atoms with Crippen LogP contribution in [0.15, 0.2) is 52.4 Å². The molecular weight excluding hydrogens is 518 g/mol. The first-order valence-corrected chi connectivity index (χ1v) is 11.3. The van der Waals surface area contributed by atoms with E-state index >= 15 is 0 Å². The zero-order valence-corrected chi connectivity index (χ0v) is 20.9. The standard InChI is InChI=1S/C21H29FN4O2S.HI/c1-16-14-17(10-11-20(16)29(4,27)28)15-25-21(23-2)24-12-7-13-26(3)19-9-6-5-8-18(19)22;/h5-6,8-11,14H,7,12-13,15H2,1-4H3,(H2,23,24,25);1H. The van der Waals surface area contributed by atoms with Gasteiger partial charge in [0, 0.05) is 40.0 Å². The summed E-state index contributed by atoms with van der Waals surface area (Å²) in [5.41, 5.74) is 2.28. The summed E-state index contributed by atoms with van der Waals surface area (Å²) in [4.78, 5) is 6.43. The van der Waals surface area contributed by atoms with Crippen molar-refractivity contribution in [3.05, 3.63) is 59.4 Å². The highest BCUT2D eigenvalue weighted by Gasteiger charge is 2.11. The number of hydrogen-bond donors (Lipinski definition) is 2.